The van der Waals surface area contributed by atoms with E-state index in [1.165, 1.54) is 0 Å². The fourth-order valence-corrected chi connectivity index (χ4v) is 2.68. The van der Waals surface area contributed by atoms with Crippen molar-refractivity contribution in [3.8, 4) is 11.8 Å². The second kappa shape index (κ2) is 8.19. The monoisotopic (exact) mass is 361 g/mol. The Morgan fingerprint density at radius 3 is 2.67 bits per heavy atom. The van der Waals surface area contributed by atoms with Gasteiger partial charge in [0, 0.05) is 19.3 Å². The summed E-state index contributed by atoms with van der Waals surface area (Å²) in [5.74, 6) is 0.331. The zero-order valence-corrected chi connectivity index (χ0v) is 15.2. The van der Waals surface area contributed by atoms with Crippen LogP contribution in [0.15, 0.2) is 59.2 Å². The molecule has 0 spiro atoms. The molecule has 0 bridgehead atoms. The van der Waals surface area contributed by atoms with E-state index in [2.05, 4.69) is 11.1 Å². The largest absolute Gasteiger partial charge is 0.496 e. The van der Waals surface area contributed by atoms with Gasteiger partial charge in [0.15, 0.2) is 5.70 Å². The number of carbonyl (C=O) groups excluding carboxylic acids is 1. The zero-order valence-electron chi connectivity index (χ0n) is 15.2. The molecule has 0 amide bonds. The van der Waals surface area contributed by atoms with Crippen molar-refractivity contribution in [1.82, 2.24) is 0 Å². The molecule has 6 heteroatoms. The SMILES string of the molecule is COc1ccccc1C1=N/C(=C\c2ccc(N(C)CCC#N)cc2)C(=O)O1. The average molecular weight is 361 g/mol. The van der Waals surface area contributed by atoms with Gasteiger partial charge >= 0.3 is 5.97 Å². The summed E-state index contributed by atoms with van der Waals surface area (Å²) < 4.78 is 10.6. The fraction of sp³-hybridized carbons (Fsp3) is 0.190. The van der Waals surface area contributed by atoms with Crippen LogP contribution in [0.3, 0.4) is 0 Å². The number of nitriles is 1. The zero-order chi connectivity index (χ0) is 19.2. The lowest BCUT2D eigenvalue weighted by Crippen LogP contribution is -2.17. The molecule has 136 valence electrons. The molecule has 0 atom stereocenters. The summed E-state index contributed by atoms with van der Waals surface area (Å²) in [5, 5.41) is 8.68. The maximum absolute atomic E-state index is 12.2. The number of benzene rings is 2. The van der Waals surface area contributed by atoms with Crippen LogP contribution in [0, 0.1) is 11.3 Å². The van der Waals surface area contributed by atoms with E-state index in [1.807, 2.05) is 48.3 Å². The van der Waals surface area contributed by atoms with Crippen LogP contribution in [0.25, 0.3) is 6.08 Å². The Morgan fingerprint density at radius 2 is 1.96 bits per heavy atom. The number of methoxy groups -OCH3 is 1. The Labute approximate surface area is 158 Å². The minimum atomic E-state index is -0.494. The molecule has 0 N–H and O–H groups in total. The van der Waals surface area contributed by atoms with Gasteiger partial charge in [-0.2, -0.15) is 5.26 Å². The number of cyclic esters (lactones) is 1. The predicted molar refractivity (Wildman–Crippen MR) is 104 cm³/mol. The Bertz CT molecular complexity index is 940. The molecule has 0 unspecified atom stereocenters. The van der Waals surface area contributed by atoms with Gasteiger partial charge in [0.1, 0.15) is 5.75 Å². The van der Waals surface area contributed by atoms with Crippen LogP contribution in [0.2, 0.25) is 0 Å². The molecule has 1 heterocycles. The minimum Gasteiger partial charge on any atom is -0.496 e. The van der Waals surface area contributed by atoms with Gasteiger partial charge in [0.05, 0.1) is 25.2 Å². The third-order valence-corrected chi connectivity index (χ3v) is 4.15. The van der Waals surface area contributed by atoms with Crippen molar-refractivity contribution in [2.24, 2.45) is 4.99 Å². The first kappa shape index (κ1) is 18.2. The standard InChI is InChI=1S/C21H19N3O3/c1-24(13-5-12-22)16-10-8-15(9-11-16)14-18-21(25)27-20(23-18)17-6-3-4-7-19(17)26-2/h3-4,6-11,14H,5,13H2,1-2H3/b18-14-. The molecule has 3 rings (SSSR count). The van der Waals surface area contributed by atoms with E-state index in [-0.39, 0.29) is 11.6 Å². The number of aliphatic imine (C=N–C) groups is 1. The highest BCUT2D eigenvalue weighted by atomic mass is 16.6. The van der Waals surface area contributed by atoms with Gasteiger partial charge < -0.3 is 14.4 Å². The summed E-state index contributed by atoms with van der Waals surface area (Å²) in [6.07, 6.45) is 2.15. The summed E-state index contributed by atoms with van der Waals surface area (Å²) in [7, 11) is 3.49. The van der Waals surface area contributed by atoms with Crippen molar-refractivity contribution in [2.75, 3.05) is 25.6 Å². The molecule has 0 saturated heterocycles. The second-order valence-electron chi connectivity index (χ2n) is 5.96. The Kier molecular flexibility index (Phi) is 5.53. The number of hydrogen-bond acceptors (Lipinski definition) is 6. The van der Waals surface area contributed by atoms with E-state index in [9.17, 15) is 4.79 Å². The van der Waals surface area contributed by atoms with E-state index in [1.54, 1.807) is 25.3 Å². The van der Waals surface area contributed by atoms with Crippen molar-refractivity contribution in [2.45, 2.75) is 6.42 Å². The van der Waals surface area contributed by atoms with Crippen LogP contribution in [-0.4, -0.2) is 32.6 Å². The number of rotatable bonds is 6. The molecule has 0 aromatic heterocycles. The third-order valence-electron chi connectivity index (χ3n) is 4.15. The lowest BCUT2D eigenvalue weighted by Gasteiger charge is -2.17. The van der Waals surface area contributed by atoms with Crippen molar-refractivity contribution in [1.29, 1.82) is 5.26 Å². The fourth-order valence-electron chi connectivity index (χ4n) is 2.68. The maximum atomic E-state index is 12.2. The van der Waals surface area contributed by atoms with Crippen molar-refractivity contribution < 1.29 is 14.3 Å². The minimum absolute atomic E-state index is 0.233. The van der Waals surface area contributed by atoms with Crippen LogP contribution in [-0.2, 0) is 9.53 Å². The molecular weight excluding hydrogens is 342 g/mol. The van der Waals surface area contributed by atoms with Crippen LogP contribution in [0.4, 0.5) is 5.69 Å². The molecule has 1 aliphatic heterocycles. The van der Waals surface area contributed by atoms with Gasteiger partial charge in [0.25, 0.3) is 0 Å². The molecule has 2 aromatic rings. The third kappa shape index (κ3) is 4.15. The first-order valence-corrected chi connectivity index (χ1v) is 8.46. The van der Waals surface area contributed by atoms with E-state index >= 15 is 0 Å². The van der Waals surface area contributed by atoms with Gasteiger partial charge in [-0.05, 0) is 35.9 Å². The Hall–Kier alpha value is -3.59. The van der Waals surface area contributed by atoms with Gasteiger partial charge in [0.2, 0.25) is 5.90 Å². The lowest BCUT2D eigenvalue weighted by atomic mass is 10.1. The normalized spacial score (nSPS) is 14.5. The number of para-hydroxylation sites is 1. The highest BCUT2D eigenvalue weighted by Crippen LogP contribution is 2.25. The van der Waals surface area contributed by atoms with E-state index in [0.29, 0.717) is 24.3 Å². The van der Waals surface area contributed by atoms with Gasteiger partial charge in [-0.3, -0.25) is 0 Å². The molecular formula is C21H19N3O3. The first-order valence-electron chi connectivity index (χ1n) is 8.46. The quantitative estimate of drug-likeness (QED) is 0.582. The maximum Gasteiger partial charge on any atom is 0.363 e. The van der Waals surface area contributed by atoms with Crippen molar-refractivity contribution >= 4 is 23.6 Å². The summed E-state index contributed by atoms with van der Waals surface area (Å²) in [6.45, 7) is 0.663. The van der Waals surface area contributed by atoms with Gasteiger partial charge in [-0.1, -0.05) is 24.3 Å². The number of nitrogens with zero attached hydrogens (tertiary/aromatic N) is 3. The average Bonchev–Trinajstić information content (AvgIpc) is 3.06. The van der Waals surface area contributed by atoms with Crippen LogP contribution in [0.1, 0.15) is 17.5 Å². The molecule has 0 aliphatic carbocycles. The Balaban J connectivity index is 1.81. The number of anilines is 1. The molecule has 27 heavy (non-hydrogen) atoms. The summed E-state index contributed by atoms with van der Waals surface area (Å²) in [6, 6.07) is 17.1. The number of hydrogen-bond donors (Lipinski definition) is 0. The summed E-state index contributed by atoms with van der Waals surface area (Å²) >= 11 is 0. The molecule has 0 saturated carbocycles. The molecule has 0 radical (unpaired) electrons. The van der Waals surface area contributed by atoms with E-state index < -0.39 is 5.97 Å². The van der Waals surface area contributed by atoms with E-state index in [0.717, 1.165) is 11.3 Å². The highest BCUT2D eigenvalue weighted by molar-refractivity contribution is 6.13. The van der Waals surface area contributed by atoms with Crippen molar-refractivity contribution in [3.05, 3.63) is 65.4 Å². The number of carbonyl (C=O) groups is 1. The second-order valence-corrected chi connectivity index (χ2v) is 5.96. The van der Waals surface area contributed by atoms with Crippen LogP contribution < -0.4 is 9.64 Å². The topological polar surface area (TPSA) is 74.9 Å². The molecule has 2 aromatic carbocycles. The highest BCUT2D eigenvalue weighted by Gasteiger charge is 2.26. The molecule has 6 nitrogen and oxygen atoms in total. The molecule has 0 fully saturated rings. The Morgan fingerprint density at radius 1 is 1.22 bits per heavy atom. The van der Waals surface area contributed by atoms with E-state index in [4.69, 9.17) is 14.7 Å². The summed E-state index contributed by atoms with van der Waals surface area (Å²) in [5.41, 5.74) is 2.71. The lowest BCUT2D eigenvalue weighted by molar-refractivity contribution is -0.129. The first-order chi connectivity index (χ1) is 13.1. The number of ether oxygens (including phenoxy) is 2. The smallest absolute Gasteiger partial charge is 0.363 e. The predicted octanol–water partition coefficient (Wildman–Crippen LogP) is 3.39. The molecule has 1 aliphatic rings. The van der Waals surface area contributed by atoms with Crippen LogP contribution in [0.5, 0.6) is 5.75 Å². The summed E-state index contributed by atoms with van der Waals surface area (Å²) in [4.78, 5) is 18.5. The van der Waals surface area contributed by atoms with Gasteiger partial charge in [-0.15, -0.1) is 0 Å². The van der Waals surface area contributed by atoms with Crippen molar-refractivity contribution in [3.63, 3.8) is 0 Å². The van der Waals surface area contributed by atoms with Crippen LogP contribution >= 0.6 is 0 Å². The van der Waals surface area contributed by atoms with Gasteiger partial charge in [-0.25, -0.2) is 9.79 Å². The number of esters is 1.